The van der Waals surface area contributed by atoms with Crippen LogP contribution in [0.2, 0.25) is 0 Å². The maximum atomic E-state index is 11.5. The number of halogens is 1. The number of carbonyl (C=O) groups excluding carboxylic acids is 1. The molecule has 1 amide bonds. The van der Waals surface area contributed by atoms with Crippen molar-refractivity contribution in [3.05, 3.63) is 0 Å². The van der Waals surface area contributed by atoms with E-state index in [9.17, 15) is 4.79 Å². The Labute approximate surface area is 89.6 Å². The molecular weight excluding hydrogens is 230 g/mol. The summed E-state index contributed by atoms with van der Waals surface area (Å²) < 4.78 is 0. The van der Waals surface area contributed by atoms with Crippen LogP contribution >= 0.6 is 15.9 Å². The molecule has 0 aliphatic heterocycles. The maximum absolute atomic E-state index is 11.5. The summed E-state index contributed by atoms with van der Waals surface area (Å²) >= 11 is 3.46. The van der Waals surface area contributed by atoms with Crippen LogP contribution in [0.3, 0.4) is 0 Å². The molecule has 1 N–H and O–H groups in total. The van der Waals surface area contributed by atoms with Gasteiger partial charge in [0.25, 0.3) is 0 Å². The number of hydrogen-bond acceptors (Lipinski definition) is 1. The number of rotatable bonds is 3. The second kappa shape index (κ2) is 4.99. The highest BCUT2D eigenvalue weighted by atomic mass is 79.9. The van der Waals surface area contributed by atoms with E-state index in [0.29, 0.717) is 4.83 Å². The Morgan fingerprint density at radius 3 is 2.15 bits per heavy atom. The van der Waals surface area contributed by atoms with Gasteiger partial charge in [-0.05, 0) is 13.3 Å². The molecule has 2 atom stereocenters. The normalized spacial score (nSPS) is 16.5. The minimum absolute atomic E-state index is 0.119. The van der Waals surface area contributed by atoms with E-state index in [2.05, 4.69) is 28.2 Å². The third-order valence-corrected chi connectivity index (χ3v) is 2.11. The first kappa shape index (κ1) is 12.9. The second-order valence-corrected chi connectivity index (χ2v) is 6.20. The van der Waals surface area contributed by atoms with Gasteiger partial charge in [0.15, 0.2) is 0 Å². The molecule has 13 heavy (non-hydrogen) atoms. The van der Waals surface area contributed by atoms with Gasteiger partial charge in [-0.1, -0.05) is 43.6 Å². The number of nitrogens with one attached hydrogen (secondary N) is 1. The molecular formula is C10H20BrNO. The van der Waals surface area contributed by atoms with Gasteiger partial charge in [-0.2, -0.15) is 0 Å². The molecule has 0 saturated heterocycles. The molecule has 3 heteroatoms. The van der Waals surface area contributed by atoms with Gasteiger partial charge >= 0.3 is 0 Å². The minimum Gasteiger partial charge on any atom is -0.353 e. The van der Waals surface area contributed by atoms with E-state index in [0.717, 1.165) is 6.42 Å². The van der Waals surface area contributed by atoms with Crippen molar-refractivity contribution in [2.45, 2.75) is 51.9 Å². The van der Waals surface area contributed by atoms with Crippen molar-refractivity contribution in [3.63, 3.8) is 0 Å². The van der Waals surface area contributed by atoms with Gasteiger partial charge in [0.2, 0.25) is 5.91 Å². The van der Waals surface area contributed by atoms with Gasteiger partial charge in [0.05, 0.1) is 0 Å². The van der Waals surface area contributed by atoms with Gasteiger partial charge in [-0.15, -0.1) is 0 Å². The van der Waals surface area contributed by atoms with Crippen LogP contribution in [0.25, 0.3) is 0 Å². The highest BCUT2D eigenvalue weighted by Gasteiger charge is 2.22. The fourth-order valence-electron chi connectivity index (χ4n) is 0.986. The molecule has 0 aromatic heterocycles. The molecule has 0 heterocycles. The first-order valence-electron chi connectivity index (χ1n) is 4.68. The zero-order chi connectivity index (χ0) is 10.6. The summed E-state index contributed by atoms with van der Waals surface area (Å²) in [6.07, 6.45) is 0.960. The average molecular weight is 250 g/mol. The van der Waals surface area contributed by atoms with E-state index >= 15 is 0 Å². The van der Waals surface area contributed by atoms with Crippen LogP contribution in [-0.4, -0.2) is 16.8 Å². The lowest BCUT2D eigenvalue weighted by Crippen LogP contribution is -2.41. The molecule has 0 aliphatic rings. The third kappa shape index (κ3) is 6.08. The predicted octanol–water partition coefficient (Wildman–Crippen LogP) is 2.71. The summed E-state index contributed by atoms with van der Waals surface area (Å²) in [5.74, 6) is 0.119. The summed E-state index contributed by atoms with van der Waals surface area (Å²) in [6, 6.07) is 0.237. The average Bonchev–Trinajstić information content (AvgIpc) is 1.82. The Kier molecular flexibility index (Phi) is 4.97. The van der Waals surface area contributed by atoms with Crippen molar-refractivity contribution in [3.8, 4) is 0 Å². The number of hydrogen-bond donors (Lipinski definition) is 1. The van der Waals surface area contributed by atoms with Gasteiger partial charge in [-0.25, -0.2) is 0 Å². The molecule has 2 unspecified atom stereocenters. The van der Waals surface area contributed by atoms with Gasteiger partial charge in [-0.3, -0.25) is 4.79 Å². The van der Waals surface area contributed by atoms with Crippen LogP contribution in [0.5, 0.6) is 0 Å². The van der Waals surface area contributed by atoms with E-state index in [1.165, 1.54) is 0 Å². The largest absolute Gasteiger partial charge is 0.353 e. The van der Waals surface area contributed by atoms with Crippen molar-refractivity contribution in [1.82, 2.24) is 5.32 Å². The molecule has 0 aromatic rings. The van der Waals surface area contributed by atoms with Crippen LogP contribution in [0.15, 0.2) is 0 Å². The molecule has 2 nitrogen and oxygen atoms in total. The summed E-state index contributed by atoms with van der Waals surface area (Å²) in [6.45, 7) is 9.88. The number of alkyl halides is 1. The fourth-order valence-corrected chi connectivity index (χ4v) is 1.55. The molecule has 78 valence electrons. The summed E-state index contributed by atoms with van der Waals surface area (Å²) in [7, 11) is 0. The lowest BCUT2D eigenvalue weighted by molar-refractivity contribution is -0.129. The number of carbonyl (C=O) groups is 1. The van der Waals surface area contributed by atoms with E-state index in [1.54, 1.807) is 0 Å². The molecule has 0 fully saturated rings. The molecule has 0 rings (SSSR count). The van der Waals surface area contributed by atoms with E-state index in [-0.39, 0.29) is 17.4 Å². The topological polar surface area (TPSA) is 29.1 Å². The lowest BCUT2D eigenvalue weighted by atomic mass is 9.95. The smallest absolute Gasteiger partial charge is 0.225 e. The Hall–Kier alpha value is -0.0500. The van der Waals surface area contributed by atoms with Gasteiger partial charge in [0.1, 0.15) is 0 Å². The maximum Gasteiger partial charge on any atom is 0.225 e. The van der Waals surface area contributed by atoms with Crippen LogP contribution < -0.4 is 5.32 Å². The molecule has 0 aliphatic carbocycles. The third-order valence-electron chi connectivity index (χ3n) is 1.74. The van der Waals surface area contributed by atoms with E-state index in [1.807, 2.05) is 27.7 Å². The van der Waals surface area contributed by atoms with Crippen LogP contribution in [-0.2, 0) is 4.79 Å². The van der Waals surface area contributed by atoms with E-state index < -0.39 is 0 Å². The Balaban J connectivity index is 3.93. The van der Waals surface area contributed by atoms with E-state index in [4.69, 9.17) is 0 Å². The van der Waals surface area contributed by atoms with Crippen molar-refractivity contribution in [2.24, 2.45) is 5.41 Å². The Morgan fingerprint density at radius 2 is 1.85 bits per heavy atom. The monoisotopic (exact) mass is 249 g/mol. The standard InChI is InChI=1S/C10H20BrNO/c1-7(11)6-8(2)12-9(13)10(3,4)5/h7-8H,6H2,1-5H3,(H,12,13). The first-order chi connectivity index (χ1) is 5.73. The second-order valence-electron chi connectivity index (χ2n) is 4.64. The van der Waals surface area contributed by atoms with Crippen LogP contribution in [0.4, 0.5) is 0 Å². The highest BCUT2D eigenvalue weighted by Crippen LogP contribution is 2.14. The molecule has 0 aromatic carbocycles. The Morgan fingerprint density at radius 1 is 1.38 bits per heavy atom. The Bertz CT molecular complexity index is 172. The quantitative estimate of drug-likeness (QED) is 0.766. The lowest BCUT2D eigenvalue weighted by Gasteiger charge is -2.22. The van der Waals surface area contributed by atoms with Crippen molar-refractivity contribution >= 4 is 21.8 Å². The van der Waals surface area contributed by atoms with Crippen LogP contribution in [0, 0.1) is 5.41 Å². The van der Waals surface area contributed by atoms with Gasteiger partial charge < -0.3 is 5.32 Å². The SMILES string of the molecule is CC(Br)CC(C)NC(=O)C(C)(C)C. The summed E-state index contributed by atoms with van der Waals surface area (Å²) in [4.78, 5) is 12.0. The molecule has 0 spiro atoms. The fraction of sp³-hybridized carbons (Fsp3) is 0.900. The minimum atomic E-state index is -0.288. The number of amides is 1. The summed E-state index contributed by atoms with van der Waals surface area (Å²) in [5, 5.41) is 2.98. The first-order valence-corrected chi connectivity index (χ1v) is 5.60. The predicted molar refractivity (Wildman–Crippen MR) is 60.1 cm³/mol. The zero-order valence-electron chi connectivity index (χ0n) is 9.15. The van der Waals surface area contributed by atoms with Gasteiger partial charge in [0, 0.05) is 16.3 Å². The van der Waals surface area contributed by atoms with Crippen molar-refractivity contribution < 1.29 is 4.79 Å². The highest BCUT2D eigenvalue weighted by molar-refractivity contribution is 9.09. The molecule has 0 radical (unpaired) electrons. The van der Waals surface area contributed by atoms with Crippen molar-refractivity contribution in [2.75, 3.05) is 0 Å². The molecule has 0 saturated carbocycles. The zero-order valence-corrected chi connectivity index (χ0v) is 10.7. The van der Waals surface area contributed by atoms with Crippen molar-refractivity contribution in [1.29, 1.82) is 0 Å². The summed E-state index contributed by atoms with van der Waals surface area (Å²) in [5.41, 5.74) is -0.288. The molecule has 0 bridgehead atoms. The van der Waals surface area contributed by atoms with Crippen LogP contribution in [0.1, 0.15) is 41.0 Å².